The summed E-state index contributed by atoms with van der Waals surface area (Å²) in [4.78, 5) is 48.5. The zero-order chi connectivity index (χ0) is 22.0. The van der Waals surface area contributed by atoms with Crippen LogP contribution in [-0.4, -0.2) is 34.2 Å². The zero-order valence-corrected chi connectivity index (χ0v) is 16.1. The quantitative estimate of drug-likeness (QED) is 0.360. The molecule has 154 valence electrons. The van der Waals surface area contributed by atoms with Gasteiger partial charge in [-0.15, -0.1) is 0 Å². The van der Waals surface area contributed by atoms with Gasteiger partial charge >= 0.3 is 0 Å². The SMILES string of the molecule is O=C(Nc1ccc(NCN2C(=O)c3ccc([N+](=O)[O-])cc3C2=O)cc1)c1ccccc1. The fraction of sp³-hybridized carbons (Fsp3) is 0.0455. The highest BCUT2D eigenvalue weighted by atomic mass is 16.6. The van der Waals surface area contributed by atoms with E-state index in [-0.39, 0.29) is 29.4 Å². The van der Waals surface area contributed by atoms with E-state index < -0.39 is 16.7 Å². The third-order valence-electron chi connectivity index (χ3n) is 4.79. The average Bonchev–Trinajstić information content (AvgIpc) is 3.03. The van der Waals surface area contributed by atoms with Crippen LogP contribution < -0.4 is 10.6 Å². The van der Waals surface area contributed by atoms with Crippen LogP contribution in [0.25, 0.3) is 0 Å². The highest BCUT2D eigenvalue weighted by Crippen LogP contribution is 2.27. The number of rotatable bonds is 6. The molecule has 1 heterocycles. The number of non-ortho nitro benzene ring substituents is 1. The maximum Gasteiger partial charge on any atom is 0.270 e. The lowest BCUT2D eigenvalue weighted by molar-refractivity contribution is -0.384. The molecule has 0 atom stereocenters. The number of hydrogen-bond donors (Lipinski definition) is 2. The fourth-order valence-electron chi connectivity index (χ4n) is 3.17. The molecule has 0 unspecified atom stereocenters. The number of carbonyl (C=O) groups is 3. The molecule has 3 aromatic carbocycles. The first kappa shape index (κ1) is 19.8. The molecule has 0 aliphatic carbocycles. The lowest BCUT2D eigenvalue weighted by atomic mass is 10.1. The maximum absolute atomic E-state index is 12.5. The molecule has 0 saturated carbocycles. The Balaban J connectivity index is 1.39. The van der Waals surface area contributed by atoms with Crippen LogP contribution in [0.15, 0.2) is 72.8 Å². The van der Waals surface area contributed by atoms with Gasteiger partial charge in [0.15, 0.2) is 0 Å². The maximum atomic E-state index is 12.5. The van der Waals surface area contributed by atoms with Crippen molar-refractivity contribution in [2.24, 2.45) is 0 Å². The number of amides is 3. The van der Waals surface area contributed by atoms with Crippen LogP contribution in [0.4, 0.5) is 17.1 Å². The molecule has 3 aromatic rings. The van der Waals surface area contributed by atoms with Crippen LogP contribution in [0.1, 0.15) is 31.1 Å². The first-order valence-electron chi connectivity index (χ1n) is 9.29. The highest BCUT2D eigenvalue weighted by molar-refractivity contribution is 6.21. The van der Waals surface area contributed by atoms with E-state index >= 15 is 0 Å². The monoisotopic (exact) mass is 416 g/mol. The van der Waals surface area contributed by atoms with Crippen LogP contribution in [0.2, 0.25) is 0 Å². The molecule has 0 spiro atoms. The zero-order valence-electron chi connectivity index (χ0n) is 16.1. The lowest BCUT2D eigenvalue weighted by Crippen LogP contribution is -2.34. The van der Waals surface area contributed by atoms with Crippen LogP contribution in [-0.2, 0) is 0 Å². The molecule has 3 amide bonds. The van der Waals surface area contributed by atoms with Crippen molar-refractivity contribution in [3.8, 4) is 0 Å². The number of nitrogens with one attached hydrogen (secondary N) is 2. The molecule has 0 aromatic heterocycles. The van der Waals surface area contributed by atoms with Crippen molar-refractivity contribution in [2.45, 2.75) is 0 Å². The van der Waals surface area contributed by atoms with E-state index in [1.165, 1.54) is 12.1 Å². The summed E-state index contributed by atoms with van der Waals surface area (Å²) in [6.07, 6.45) is 0. The summed E-state index contributed by atoms with van der Waals surface area (Å²) in [5.41, 5.74) is 1.66. The summed E-state index contributed by atoms with van der Waals surface area (Å²) >= 11 is 0. The Morgan fingerprint density at radius 3 is 2.19 bits per heavy atom. The standard InChI is InChI=1S/C22H16N4O5/c27-20(14-4-2-1-3-5-14)24-16-8-6-15(7-9-16)23-13-25-21(28)18-11-10-17(26(30)31)12-19(18)22(25)29/h1-12,23H,13H2,(H,24,27). The molecule has 1 aliphatic heterocycles. The summed E-state index contributed by atoms with van der Waals surface area (Å²) in [6.45, 7) is -0.101. The Labute approximate surface area is 176 Å². The Kier molecular flexibility index (Phi) is 5.15. The third kappa shape index (κ3) is 3.97. The van der Waals surface area contributed by atoms with E-state index in [0.717, 1.165) is 11.0 Å². The molecule has 0 fully saturated rings. The number of nitro groups is 1. The number of nitrogens with zero attached hydrogens (tertiary/aromatic N) is 2. The van der Waals surface area contributed by atoms with Crippen LogP contribution in [0.5, 0.6) is 0 Å². The topological polar surface area (TPSA) is 122 Å². The second-order valence-corrected chi connectivity index (χ2v) is 6.76. The average molecular weight is 416 g/mol. The minimum Gasteiger partial charge on any atom is -0.367 e. The predicted molar refractivity (Wildman–Crippen MR) is 113 cm³/mol. The first-order valence-corrected chi connectivity index (χ1v) is 9.29. The van der Waals surface area contributed by atoms with Gasteiger partial charge in [-0.05, 0) is 42.5 Å². The van der Waals surface area contributed by atoms with Gasteiger partial charge in [0.05, 0.1) is 22.7 Å². The van der Waals surface area contributed by atoms with Crippen molar-refractivity contribution >= 4 is 34.8 Å². The van der Waals surface area contributed by atoms with E-state index in [1.54, 1.807) is 48.5 Å². The second kappa shape index (κ2) is 8.07. The van der Waals surface area contributed by atoms with Crippen LogP contribution in [0.3, 0.4) is 0 Å². The van der Waals surface area contributed by atoms with Crippen molar-refractivity contribution in [1.29, 1.82) is 0 Å². The largest absolute Gasteiger partial charge is 0.367 e. The fourth-order valence-corrected chi connectivity index (χ4v) is 3.17. The van der Waals surface area contributed by atoms with Crippen LogP contribution in [0, 0.1) is 10.1 Å². The summed E-state index contributed by atoms with van der Waals surface area (Å²) in [7, 11) is 0. The highest BCUT2D eigenvalue weighted by Gasteiger charge is 2.36. The number of hydrogen-bond acceptors (Lipinski definition) is 6. The van der Waals surface area contributed by atoms with Gasteiger partial charge in [0.1, 0.15) is 0 Å². The third-order valence-corrected chi connectivity index (χ3v) is 4.79. The van der Waals surface area contributed by atoms with Gasteiger partial charge in [-0.3, -0.25) is 29.4 Å². The molecule has 0 saturated heterocycles. The van der Waals surface area contributed by atoms with Gasteiger partial charge in [-0.25, -0.2) is 0 Å². The van der Waals surface area contributed by atoms with Crippen molar-refractivity contribution in [2.75, 3.05) is 17.3 Å². The molecule has 2 N–H and O–H groups in total. The van der Waals surface area contributed by atoms with Crippen LogP contribution >= 0.6 is 0 Å². The minimum absolute atomic E-state index is 0.0139. The van der Waals surface area contributed by atoms with E-state index in [4.69, 9.17) is 0 Å². The van der Waals surface area contributed by atoms with Gasteiger partial charge in [0.2, 0.25) is 0 Å². The number of imide groups is 1. The summed E-state index contributed by atoms with van der Waals surface area (Å²) in [6, 6.07) is 19.2. The van der Waals surface area contributed by atoms with Gasteiger partial charge in [-0.1, -0.05) is 18.2 Å². The molecule has 31 heavy (non-hydrogen) atoms. The molecule has 9 heteroatoms. The smallest absolute Gasteiger partial charge is 0.270 e. The van der Waals surface area contributed by atoms with Crippen molar-refractivity contribution in [1.82, 2.24) is 4.90 Å². The molecular weight excluding hydrogens is 400 g/mol. The van der Waals surface area contributed by atoms with E-state index in [2.05, 4.69) is 10.6 Å². The van der Waals surface area contributed by atoms with Crippen molar-refractivity contribution in [3.63, 3.8) is 0 Å². The van der Waals surface area contributed by atoms with E-state index in [1.807, 2.05) is 6.07 Å². The molecule has 0 radical (unpaired) electrons. The summed E-state index contributed by atoms with van der Waals surface area (Å²) in [5, 5.41) is 16.7. The first-order chi connectivity index (χ1) is 14.9. The lowest BCUT2D eigenvalue weighted by Gasteiger charge is -2.16. The van der Waals surface area contributed by atoms with Gasteiger partial charge < -0.3 is 10.6 Å². The second-order valence-electron chi connectivity index (χ2n) is 6.76. The Hall–Kier alpha value is -4.53. The number of nitro benzene ring substituents is 1. The van der Waals surface area contributed by atoms with E-state index in [0.29, 0.717) is 16.9 Å². The molecule has 9 nitrogen and oxygen atoms in total. The summed E-state index contributed by atoms with van der Waals surface area (Å²) < 4.78 is 0. The van der Waals surface area contributed by atoms with E-state index in [9.17, 15) is 24.5 Å². The van der Waals surface area contributed by atoms with Gasteiger partial charge in [0.25, 0.3) is 23.4 Å². The molecule has 4 rings (SSSR count). The molecule has 0 bridgehead atoms. The number of benzene rings is 3. The Morgan fingerprint density at radius 1 is 0.871 bits per heavy atom. The van der Waals surface area contributed by atoms with Crippen molar-refractivity contribution < 1.29 is 19.3 Å². The Morgan fingerprint density at radius 2 is 1.52 bits per heavy atom. The van der Waals surface area contributed by atoms with Gasteiger partial charge in [-0.2, -0.15) is 0 Å². The Bertz CT molecular complexity index is 1190. The molecule has 1 aliphatic rings. The number of fused-ring (bicyclic) bond motifs is 1. The number of carbonyl (C=O) groups excluding carboxylic acids is 3. The van der Waals surface area contributed by atoms with Gasteiger partial charge in [0, 0.05) is 29.1 Å². The predicted octanol–water partition coefficient (Wildman–Crippen LogP) is 3.51. The normalized spacial score (nSPS) is 12.5. The minimum atomic E-state index is -0.614. The van der Waals surface area contributed by atoms with Crippen molar-refractivity contribution in [3.05, 3.63) is 99.6 Å². The molecular formula is C22H16N4O5. The summed E-state index contributed by atoms with van der Waals surface area (Å²) in [5.74, 6) is -1.35. The number of anilines is 2.